The van der Waals surface area contributed by atoms with Gasteiger partial charge in [-0.3, -0.25) is 9.35 Å². The van der Waals surface area contributed by atoms with E-state index >= 15 is 0 Å². The van der Waals surface area contributed by atoms with Gasteiger partial charge in [-0.2, -0.15) is 13.5 Å². The summed E-state index contributed by atoms with van der Waals surface area (Å²) in [7, 11) is -3.14. The van der Waals surface area contributed by atoms with Gasteiger partial charge in [0.2, 0.25) is 5.91 Å². The average molecular weight is 365 g/mol. The highest BCUT2D eigenvalue weighted by atomic mass is 32.2. The van der Waals surface area contributed by atoms with Gasteiger partial charge in [0.15, 0.2) is 0 Å². The molecule has 0 atom stereocenters. The van der Waals surface area contributed by atoms with Crippen LogP contribution in [0.1, 0.15) is 6.92 Å². The van der Waals surface area contributed by atoms with Crippen LogP contribution in [0.2, 0.25) is 0 Å². The second-order valence-corrected chi connectivity index (χ2v) is 6.28. The smallest absolute Gasteiger partial charge is 0.296 e. The summed E-state index contributed by atoms with van der Waals surface area (Å²) in [5, 5.41) is 19.7. The van der Waals surface area contributed by atoms with Crippen LogP contribution >= 0.6 is 0 Å². The molecule has 132 valence electrons. The predicted molar refractivity (Wildman–Crippen MR) is 89.4 cm³/mol. The minimum atomic E-state index is -4.59. The summed E-state index contributed by atoms with van der Waals surface area (Å²) >= 11 is 0. The lowest BCUT2D eigenvalue weighted by atomic mass is 10.2. The van der Waals surface area contributed by atoms with Gasteiger partial charge < -0.3 is 15.2 Å². The van der Waals surface area contributed by atoms with E-state index in [2.05, 4.69) is 15.5 Å². The van der Waals surface area contributed by atoms with Crippen molar-refractivity contribution in [1.82, 2.24) is 0 Å². The molecule has 0 radical (unpaired) electrons. The van der Waals surface area contributed by atoms with Gasteiger partial charge >= 0.3 is 0 Å². The van der Waals surface area contributed by atoms with Gasteiger partial charge in [-0.05, 0) is 30.3 Å². The normalized spacial score (nSPS) is 11.5. The number of azo groups is 1. The fourth-order valence-electron chi connectivity index (χ4n) is 1.90. The van der Waals surface area contributed by atoms with Crippen LogP contribution in [-0.4, -0.2) is 31.1 Å². The van der Waals surface area contributed by atoms with E-state index < -0.39 is 20.9 Å². The summed E-state index contributed by atoms with van der Waals surface area (Å²) < 4.78 is 37.3. The molecule has 0 saturated carbocycles. The molecule has 2 rings (SSSR count). The number of ether oxygens (including phenoxy) is 1. The summed E-state index contributed by atoms with van der Waals surface area (Å²) in [6, 6.07) is 8.05. The van der Waals surface area contributed by atoms with E-state index in [1.54, 1.807) is 0 Å². The summed E-state index contributed by atoms with van der Waals surface area (Å²) in [6.45, 7) is 1.20. The van der Waals surface area contributed by atoms with Gasteiger partial charge in [-0.15, -0.1) is 5.11 Å². The highest BCUT2D eigenvalue weighted by molar-refractivity contribution is 7.86. The van der Waals surface area contributed by atoms with Crippen molar-refractivity contribution < 1.29 is 27.6 Å². The van der Waals surface area contributed by atoms with Gasteiger partial charge in [0.25, 0.3) is 10.1 Å². The number of carbonyl (C=O) groups is 1. The van der Waals surface area contributed by atoms with Gasteiger partial charge in [0, 0.05) is 13.0 Å². The Kier molecular flexibility index (Phi) is 5.35. The van der Waals surface area contributed by atoms with Crippen molar-refractivity contribution in [2.24, 2.45) is 10.2 Å². The van der Waals surface area contributed by atoms with Crippen molar-refractivity contribution in [3.05, 3.63) is 36.4 Å². The zero-order chi connectivity index (χ0) is 18.6. The number of phenols is 1. The van der Waals surface area contributed by atoms with Gasteiger partial charge in [0.05, 0.1) is 18.5 Å². The van der Waals surface area contributed by atoms with E-state index in [1.807, 2.05) is 0 Å². The summed E-state index contributed by atoms with van der Waals surface area (Å²) in [5.41, 5.74) is 0.112. The molecule has 0 aliphatic rings. The third-order valence-corrected chi connectivity index (χ3v) is 3.90. The van der Waals surface area contributed by atoms with E-state index in [9.17, 15) is 22.9 Å². The van der Waals surface area contributed by atoms with Crippen LogP contribution in [0.4, 0.5) is 17.1 Å². The Morgan fingerprint density at radius 1 is 1.16 bits per heavy atom. The van der Waals surface area contributed by atoms with Crippen molar-refractivity contribution in [1.29, 1.82) is 0 Å². The molecule has 0 bridgehead atoms. The van der Waals surface area contributed by atoms with Gasteiger partial charge in [-0.1, -0.05) is 0 Å². The monoisotopic (exact) mass is 365 g/mol. The molecule has 0 aromatic heterocycles. The highest BCUT2D eigenvalue weighted by Crippen LogP contribution is 2.33. The minimum Gasteiger partial charge on any atom is -0.506 e. The first-order valence-electron chi connectivity index (χ1n) is 6.88. The number of rotatable bonds is 5. The van der Waals surface area contributed by atoms with Crippen LogP contribution in [0.5, 0.6) is 11.5 Å². The SMILES string of the molecule is COc1ccc(O)c(N=Nc2ccc(NC(C)=O)c(S(=O)(=O)O)c2)c1. The third-order valence-electron chi connectivity index (χ3n) is 3.01. The molecule has 2 aromatic carbocycles. The van der Waals surface area contributed by atoms with E-state index in [0.29, 0.717) is 5.75 Å². The van der Waals surface area contributed by atoms with E-state index in [1.165, 1.54) is 44.4 Å². The van der Waals surface area contributed by atoms with Crippen molar-refractivity contribution in [3.8, 4) is 11.5 Å². The highest BCUT2D eigenvalue weighted by Gasteiger charge is 2.17. The second kappa shape index (κ2) is 7.28. The molecule has 0 fully saturated rings. The summed E-state index contributed by atoms with van der Waals surface area (Å²) in [5.74, 6) is -0.193. The number of hydrogen-bond acceptors (Lipinski definition) is 7. The Bertz CT molecular complexity index is 940. The molecule has 9 nitrogen and oxygen atoms in total. The standard InChI is InChI=1S/C15H15N3O6S/c1-9(19)16-12-5-3-10(7-15(12)25(21,22)23)17-18-13-8-11(24-2)4-6-14(13)20/h3-8,20H,1-2H3,(H,16,19)(H,21,22,23). The zero-order valence-corrected chi connectivity index (χ0v) is 14.1. The molecule has 25 heavy (non-hydrogen) atoms. The van der Waals surface area contributed by atoms with Crippen LogP contribution in [0.3, 0.4) is 0 Å². The fourth-order valence-corrected chi connectivity index (χ4v) is 2.57. The van der Waals surface area contributed by atoms with E-state index in [-0.39, 0.29) is 22.8 Å². The quantitative estimate of drug-likeness (QED) is 0.550. The number of phenolic OH excluding ortho intramolecular Hbond substituents is 1. The molecule has 10 heteroatoms. The number of methoxy groups -OCH3 is 1. The lowest BCUT2D eigenvalue weighted by molar-refractivity contribution is -0.114. The molecule has 1 amide bonds. The maximum Gasteiger partial charge on any atom is 0.296 e. The number of aromatic hydroxyl groups is 1. The molecule has 0 spiro atoms. The molecule has 0 heterocycles. The third kappa shape index (κ3) is 4.75. The van der Waals surface area contributed by atoms with E-state index in [0.717, 1.165) is 6.07 Å². The van der Waals surface area contributed by atoms with Crippen LogP contribution in [0, 0.1) is 0 Å². The molecule has 0 saturated heterocycles. The lowest BCUT2D eigenvalue weighted by Gasteiger charge is -2.08. The molecular formula is C15H15N3O6S. The molecule has 3 N–H and O–H groups in total. The Labute approximate surface area is 143 Å². The number of hydrogen-bond donors (Lipinski definition) is 3. The van der Waals surface area contributed by atoms with Crippen molar-refractivity contribution in [2.45, 2.75) is 11.8 Å². The topological polar surface area (TPSA) is 138 Å². The van der Waals surface area contributed by atoms with Crippen LogP contribution in [0.15, 0.2) is 51.5 Å². The maximum absolute atomic E-state index is 11.5. The van der Waals surface area contributed by atoms with Crippen molar-refractivity contribution in [2.75, 3.05) is 12.4 Å². The molecule has 0 unspecified atom stereocenters. The van der Waals surface area contributed by atoms with Gasteiger partial charge in [-0.25, -0.2) is 0 Å². The second-order valence-electron chi connectivity index (χ2n) is 4.89. The number of nitrogens with zero attached hydrogens (tertiary/aromatic N) is 2. The zero-order valence-electron chi connectivity index (χ0n) is 13.3. The molecule has 0 aliphatic carbocycles. The molecular weight excluding hydrogens is 350 g/mol. The van der Waals surface area contributed by atoms with Crippen LogP contribution < -0.4 is 10.1 Å². The van der Waals surface area contributed by atoms with Crippen molar-refractivity contribution >= 4 is 33.1 Å². The number of carbonyl (C=O) groups excluding carboxylic acids is 1. The van der Waals surface area contributed by atoms with E-state index in [4.69, 9.17) is 4.74 Å². The minimum absolute atomic E-state index is 0.0850. The fraction of sp³-hybridized carbons (Fsp3) is 0.133. The summed E-state index contributed by atoms with van der Waals surface area (Å²) in [6.07, 6.45) is 0. The first kappa shape index (κ1) is 18.4. The molecule has 0 aliphatic heterocycles. The predicted octanol–water partition coefficient (Wildman–Crippen LogP) is 3.02. The largest absolute Gasteiger partial charge is 0.506 e. The first-order chi connectivity index (χ1) is 11.7. The van der Waals surface area contributed by atoms with Crippen LogP contribution in [-0.2, 0) is 14.9 Å². The van der Waals surface area contributed by atoms with Crippen molar-refractivity contribution in [3.63, 3.8) is 0 Å². The Balaban J connectivity index is 2.42. The number of amides is 1. The first-order valence-corrected chi connectivity index (χ1v) is 8.32. The number of anilines is 1. The average Bonchev–Trinajstić information content (AvgIpc) is 2.53. The van der Waals surface area contributed by atoms with Gasteiger partial charge in [0.1, 0.15) is 22.1 Å². The Morgan fingerprint density at radius 3 is 2.48 bits per heavy atom. The summed E-state index contributed by atoms with van der Waals surface area (Å²) in [4.78, 5) is 10.6. The number of nitrogens with one attached hydrogen (secondary N) is 1. The van der Waals surface area contributed by atoms with Crippen LogP contribution in [0.25, 0.3) is 0 Å². The lowest BCUT2D eigenvalue weighted by Crippen LogP contribution is -2.10. The Morgan fingerprint density at radius 2 is 1.88 bits per heavy atom. The Hall–Kier alpha value is -2.98. The maximum atomic E-state index is 11.5. The number of benzene rings is 2. The molecule has 2 aromatic rings.